The number of hydrogen-bond donors (Lipinski definition) is 1. The van der Waals surface area contributed by atoms with Crippen LogP contribution in [0.3, 0.4) is 0 Å². The molecule has 0 saturated heterocycles. The third kappa shape index (κ3) is 3.57. The van der Waals surface area contributed by atoms with Crippen LogP contribution in [0.5, 0.6) is 0 Å². The number of carbonyl (C=O) groups excluding carboxylic acids is 1. The van der Waals surface area contributed by atoms with E-state index in [1.54, 1.807) is 25.2 Å². The maximum absolute atomic E-state index is 12.2. The Hall–Kier alpha value is -1.88. The van der Waals surface area contributed by atoms with Gasteiger partial charge in [-0.2, -0.15) is 0 Å². The van der Waals surface area contributed by atoms with Crippen molar-refractivity contribution in [1.29, 1.82) is 0 Å². The summed E-state index contributed by atoms with van der Waals surface area (Å²) in [6, 6.07) is 11.4. The largest absolute Gasteiger partial charge is 0.379 e. The second-order valence-corrected chi connectivity index (χ2v) is 5.48. The van der Waals surface area contributed by atoms with Crippen LogP contribution in [-0.2, 0) is 6.54 Å². The van der Waals surface area contributed by atoms with Gasteiger partial charge >= 0.3 is 0 Å². The number of halogens is 1. The zero-order valence-electron chi connectivity index (χ0n) is 11.4. The molecule has 0 atom stereocenters. The molecular formula is C15H16BrN3O. The zero-order chi connectivity index (χ0) is 14.5. The van der Waals surface area contributed by atoms with E-state index >= 15 is 0 Å². The highest BCUT2D eigenvalue weighted by atomic mass is 79.9. The van der Waals surface area contributed by atoms with Crippen LogP contribution >= 0.6 is 15.9 Å². The Labute approximate surface area is 127 Å². The molecule has 4 nitrogen and oxygen atoms in total. The van der Waals surface area contributed by atoms with Gasteiger partial charge in [0, 0.05) is 30.5 Å². The van der Waals surface area contributed by atoms with Crippen LogP contribution in [0, 0.1) is 0 Å². The Bertz CT molecular complexity index is 599. The number of nitrogens with zero attached hydrogens (tertiary/aromatic N) is 2. The van der Waals surface area contributed by atoms with E-state index < -0.39 is 0 Å². The van der Waals surface area contributed by atoms with Crippen molar-refractivity contribution in [3.05, 3.63) is 58.3 Å². The van der Waals surface area contributed by atoms with Gasteiger partial charge in [0.1, 0.15) is 0 Å². The van der Waals surface area contributed by atoms with Gasteiger partial charge in [-0.1, -0.05) is 22.0 Å². The van der Waals surface area contributed by atoms with Crippen LogP contribution in [0.15, 0.2) is 47.1 Å². The number of pyridine rings is 1. The summed E-state index contributed by atoms with van der Waals surface area (Å²) >= 11 is 3.40. The smallest absolute Gasteiger partial charge is 0.255 e. The van der Waals surface area contributed by atoms with E-state index in [0.29, 0.717) is 12.1 Å². The van der Waals surface area contributed by atoms with E-state index in [4.69, 9.17) is 0 Å². The van der Waals surface area contributed by atoms with Crippen molar-refractivity contribution in [3.63, 3.8) is 0 Å². The highest BCUT2D eigenvalue weighted by Crippen LogP contribution is 2.22. The minimum Gasteiger partial charge on any atom is -0.379 e. The van der Waals surface area contributed by atoms with Crippen molar-refractivity contribution < 1.29 is 4.79 Å². The molecular weight excluding hydrogens is 318 g/mol. The Kier molecular flexibility index (Phi) is 4.74. The maximum atomic E-state index is 12.2. The Morgan fingerprint density at radius 2 is 2.10 bits per heavy atom. The number of amides is 1. The van der Waals surface area contributed by atoms with Gasteiger partial charge in [0.15, 0.2) is 0 Å². The number of benzene rings is 1. The van der Waals surface area contributed by atoms with Gasteiger partial charge in [0.05, 0.1) is 17.8 Å². The summed E-state index contributed by atoms with van der Waals surface area (Å²) in [5, 5.41) is 3.26. The number of hydrogen-bond acceptors (Lipinski definition) is 3. The number of carbonyl (C=O) groups is 1. The number of anilines is 1. The van der Waals surface area contributed by atoms with Gasteiger partial charge in [-0.3, -0.25) is 9.78 Å². The number of rotatable bonds is 4. The molecule has 1 aromatic carbocycles. The molecule has 1 amide bonds. The van der Waals surface area contributed by atoms with Crippen molar-refractivity contribution in [1.82, 2.24) is 9.88 Å². The zero-order valence-corrected chi connectivity index (χ0v) is 13.0. The molecule has 2 rings (SSSR count). The quantitative estimate of drug-likeness (QED) is 0.934. The molecule has 0 unspecified atom stereocenters. The predicted molar refractivity (Wildman–Crippen MR) is 83.7 cm³/mol. The summed E-state index contributed by atoms with van der Waals surface area (Å²) in [7, 11) is 3.48. The van der Waals surface area contributed by atoms with Gasteiger partial charge in [-0.05, 0) is 30.3 Å². The molecule has 2 aromatic rings. The topological polar surface area (TPSA) is 45.2 Å². The van der Waals surface area contributed by atoms with E-state index in [-0.39, 0.29) is 5.91 Å². The molecule has 0 saturated carbocycles. The van der Waals surface area contributed by atoms with E-state index in [1.807, 2.05) is 36.4 Å². The second-order valence-electron chi connectivity index (χ2n) is 4.56. The van der Waals surface area contributed by atoms with E-state index in [1.165, 1.54) is 0 Å². The third-order valence-electron chi connectivity index (χ3n) is 2.80. The SMILES string of the molecule is CN(C)C(=O)c1cc(Br)ccc1NCc1ccccn1. The molecule has 1 aromatic heterocycles. The first-order valence-corrected chi connectivity index (χ1v) is 7.02. The molecule has 0 radical (unpaired) electrons. The Balaban J connectivity index is 2.21. The van der Waals surface area contributed by atoms with Gasteiger partial charge < -0.3 is 10.2 Å². The van der Waals surface area contributed by atoms with Gasteiger partial charge in [0.25, 0.3) is 5.91 Å². The Morgan fingerprint density at radius 1 is 1.30 bits per heavy atom. The second kappa shape index (κ2) is 6.52. The number of nitrogens with one attached hydrogen (secondary N) is 1. The predicted octanol–water partition coefficient (Wildman–Crippen LogP) is 3.16. The lowest BCUT2D eigenvalue weighted by Gasteiger charge is -2.15. The highest BCUT2D eigenvalue weighted by Gasteiger charge is 2.13. The minimum absolute atomic E-state index is 0.0326. The van der Waals surface area contributed by atoms with E-state index in [0.717, 1.165) is 15.9 Å². The van der Waals surface area contributed by atoms with Gasteiger partial charge in [0.2, 0.25) is 0 Å². The molecule has 0 spiro atoms. The molecule has 104 valence electrons. The normalized spacial score (nSPS) is 10.2. The van der Waals surface area contributed by atoms with Crippen molar-refractivity contribution in [2.75, 3.05) is 19.4 Å². The van der Waals surface area contributed by atoms with Crippen LogP contribution in [0.1, 0.15) is 16.1 Å². The lowest BCUT2D eigenvalue weighted by molar-refractivity contribution is 0.0828. The summed E-state index contributed by atoms with van der Waals surface area (Å²) in [5.74, 6) is -0.0326. The molecule has 1 N–H and O–H groups in total. The maximum Gasteiger partial charge on any atom is 0.255 e. The summed E-state index contributed by atoms with van der Waals surface area (Å²) in [6.45, 7) is 0.580. The first kappa shape index (κ1) is 14.5. The third-order valence-corrected chi connectivity index (χ3v) is 3.30. The molecule has 0 fully saturated rings. The lowest BCUT2D eigenvalue weighted by Crippen LogP contribution is -2.23. The van der Waals surface area contributed by atoms with Gasteiger partial charge in [-0.15, -0.1) is 0 Å². The first-order valence-electron chi connectivity index (χ1n) is 6.23. The lowest BCUT2D eigenvalue weighted by atomic mass is 10.1. The summed E-state index contributed by atoms with van der Waals surface area (Å²) in [5.41, 5.74) is 2.37. The fourth-order valence-corrected chi connectivity index (χ4v) is 2.14. The molecule has 20 heavy (non-hydrogen) atoms. The summed E-state index contributed by atoms with van der Waals surface area (Å²) in [6.07, 6.45) is 1.75. The molecule has 1 heterocycles. The minimum atomic E-state index is -0.0326. The fraction of sp³-hybridized carbons (Fsp3) is 0.200. The summed E-state index contributed by atoms with van der Waals surface area (Å²) < 4.78 is 0.881. The van der Waals surface area contributed by atoms with Crippen LogP contribution < -0.4 is 5.32 Å². The molecule has 5 heteroatoms. The van der Waals surface area contributed by atoms with Crippen LogP contribution in [0.4, 0.5) is 5.69 Å². The monoisotopic (exact) mass is 333 g/mol. The van der Waals surface area contributed by atoms with Gasteiger partial charge in [-0.25, -0.2) is 0 Å². The van der Waals surface area contributed by atoms with Crippen molar-refractivity contribution in [2.45, 2.75) is 6.54 Å². The van der Waals surface area contributed by atoms with Crippen molar-refractivity contribution in [2.24, 2.45) is 0 Å². The Morgan fingerprint density at radius 3 is 2.75 bits per heavy atom. The first-order chi connectivity index (χ1) is 9.58. The average molecular weight is 334 g/mol. The molecule has 0 aliphatic heterocycles. The summed E-state index contributed by atoms with van der Waals surface area (Å²) in [4.78, 5) is 18.0. The standard InChI is InChI=1S/C15H16BrN3O/c1-19(2)15(20)13-9-11(16)6-7-14(13)18-10-12-5-3-4-8-17-12/h3-9,18H,10H2,1-2H3. The fourth-order valence-electron chi connectivity index (χ4n) is 1.78. The van der Waals surface area contributed by atoms with Crippen LogP contribution in [-0.4, -0.2) is 29.9 Å². The van der Waals surface area contributed by atoms with Crippen LogP contribution in [0.25, 0.3) is 0 Å². The molecule has 0 aliphatic rings. The van der Waals surface area contributed by atoms with Crippen LogP contribution in [0.2, 0.25) is 0 Å². The number of aromatic nitrogens is 1. The molecule has 0 bridgehead atoms. The van der Waals surface area contributed by atoms with E-state index in [2.05, 4.69) is 26.2 Å². The van der Waals surface area contributed by atoms with E-state index in [9.17, 15) is 4.79 Å². The van der Waals surface area contributed by atoms with Crippen molar-refractivity contribution in [3.8, 4) is 0 Å². The van der Waals surface area contributed by atoms with Crippen molar-refractivity contribution >= 4 is 27.5 Å². The average Bonchev–Trinajstić information content (AvgIpc) is 2.46. The molecule has 0 aliphatic carbocycles. The highest BCUT2D eigenvalue weighted by molar-refractivity contribution is 9.10.